The number of hydrogen-bond acceptors (Lipinski definition) is 5. The molecule has 0 saturated carbocycles. The maximum absolute atomic E-state index is 12.5. The number of aliphatic carboxylic acids is 1. The lowest BCUT2D eigenvalue weighted by Crippen LogP contribution is -2.32. The molecule has 0 spiro atoms. The number of carbonyl (C=O) groups is 2. The molecule has 27 heavy (non-hydrogen) atoms. The van der Waals surface area contributed by atoms with E-state index in [0.717, 1.165) is 44.2 Å². The Hall–Kier alpha value is -2.96. The highest BCUT2D eigenvalue weighted by atomic mass is 16.6. The number of hydrogen-bond donors (Lipinski definition) is 2. The average Bonchev–Trinajstić information content (AvgIpc) is 3.31. The first-order chi connectivity index (χ1) is 13.1. The maximum Gasteiger partial charge on any atom is 0.412 e. The molecule has 7 nitrogen and oxygen atoms in total. The van der Waals surface area contributed by atoms with E-state index < -0.39 is 18.2 Å². The number of carbonyl (C=O) groups excluding carboxylic acids is 1. The van der Waals surface area contributed by atoms with Crippen LogP contribution in [0.15, 0.2) is 24.5 Å². The average molecular weight is 367 g/mol. The molecule has 2 N–H and O–H groups in total. The molecule has 2 aliphatic rings. The molecule has 1 atom stereocenters. The monoisotopic (exact) mass is 367 g/mol. The second-order valence-electron chi connectivity index (χ2n) is 6.96. The molecule has 4 rings (SSSR count). The van der Waals surface area contributed by atoms with Gasteiger partial charge in [-0.25, -0.2) is 19.6 Å². The predicted molar refractivity (Wildman–Crippen MR) is 97.8 cm³/mol. The van der Waals surface area contributed by atoms with Crippen molar-refractivity contribution in [1.29, 1.82) is 0 Å². The Kier molecular flexibility index (Phi) is 4.75. The molecule has 1 aromatic carbocycles. The molecule has 1 unspecified atom stereocenters. The number of nitrogens with one attached hydrogen (secondary N) is 1. The van der Waals surface area contributed by atoms with Crippen LogP contribution in [0.2, 0.25) is 0 Å². The zero-order valence-corrected chi connectivity index (χ0v) is 14.9. The maximum atomic E-state index is 12.5. The number of rotatable bonds is 5. The number of carboxylic acids is 1. The summed E-state index contributed by atoms with van der Waals surface area (Å²) in [7, 11) is 0. The van der Waals surface area contributed by atoms with Crippen molar-refractivity contribution >= 4 is 17.7 Å². The zero-order valence-electron chi connectivity index (χ0n) is 14.9. The largest absolute Gasteiger partial charge is 0.478 e. The summed E-state index contributed by atoms with van der Waals surface area (Å²) >= 11 is 0. The van der Waals surface area contributed by atoms with Crippen LogP contribution in [0.1, 0.15) is 40.9 Å². The molecule has 0 saturated heterocycles. The molecule has 2 aliphatic carbocycles. The van der Waals surface area contributed by atoms with Crippen LogP contribution in [0.25, 0.3) is 0 Å². The molecule has 0 fully saturated rings. The van der Waals surface area contributed by atoms with Crippen molar-refractivity contribution in [2.75, 3.05) is 5.32 Å². The Morgan fingerprint density at radius 3 is 2.30 bits per heavy atom. The van der Waals surface area contributed by atoms with Crippen LogP contribution in [0.5, 0.6) is 0 Å². The van der Waals surface area contributed by atoms with E-state index in [1.807, 2.05) is 0 Å². The summed E-state index contributed by atoms with van der Waals surface area (Å²) in [5.74, 6) is -0.902. The second-order valence-corrected chi connectivity index (χ2v) is 6.96. The Morgan fingerprint density at radius 2 is 1.70 bits per heavy atom. The van der Waals surface area contributed by atoms with Gasteiger partial charge in [0.1, 0.15) is 5.82 Å². The van der Waals surface area contributed by atoms with E-state index in [1.165, 1.54) is 34.6 Å². The number of ether oxygens (including phenoxy) is 1. The molecule has 1 aromatic heterocycles. The van der Waals surface area contributed by atoms with E-state index in [9.17, 15) is 14.7 Å². The summed E-state index contributed by atoms with van der Waals surface area (Å²) in [6.45, 7) is 0. The molecule has 140 valence electrons. The van der Waals surface area contributed by atoms with Crippen molar-refractivity contribution in [1.82, 2.24) is 9.97 Å². The van der Waals surface area contributed by atoms with Gasteiger partial charge in [-0.1, -0.05) is 6.07 Å². The van der Waals surface area contributed by atoms with Crippen molar-refractivity contribution < 1.29 is 19.4 Å². The predicted octanol–water partition coefficient (Wildman–Crippen LogP) is 2.70. The summed E-state index contributed by atoms with van der Waals surface area (Å²) < 4.78 is 5.21. The van der Waals surface area contributed by atoms with Gasteiger partial charge in [0, 0.05) is 12.4 Å². The Balaban J connectivity index is 1.52. The fourth-order valence-corrected chi connectivity index (χ4v) is 4.01. The second kappa shape index (κ2) is 7.34. The van der Waals surface area contributed by atoms with Crippen molar-refractivity contribution in [3.05, 3.63) is 52.6 Å². The van der Waals surface area contributed by atoms with E-state index in [4.69, 9.17) is 4.74 Å². The van der Waals surface area contributed by atoms with E-state index in [2.05, 4.69) is 21.4 Å². The van der Waals surface area contributed by atoms with Gasteiger partial charge in [0.25, 0.3) is 0 Å². The van der Waals surface area contributed by atoms with Gasteiger partial charge in [0.15, 0.2) is 0 Å². The number of nitrogens with zero attached hydrogens (tertiary/aromatic N) is 2. The van der Waals surface area contributed by atoms with Gasteiger partial charge in [0.2, 0.25) is 6.10 Å². The zero-order chi connectivity index (χ0) is 18.8. The van der Waals surface area contributed by atoms with E-state index >= 15 is 0 Å². The normalized spacial score (nSPS) is 15.7. The first-order valence-electron chi connectivity index (χ1n) is 9.24. The third-order valence-electron chi connectivity index (χ3n) is 5.21. The van der Waals surface area contributed by atoms with E-state index in [0.29, 0.717) is 5.82 Å². The van der Waals surface area contributed by atoms with Crippen LogP contribution in [-0.2, 0) is 41.6 Å². The van der Waals surface area contributed by atoms with Crippen LogP contribution >= 0.6 is 0 Å². The summed E-state index contributed by atoms with van der Waals surface area (Å²) in [5.41, 5.74) is 5.76. The van der Waals surface area contributed by atoms with Gasteiger partial charge >= 0.3 is 12.1 Å². The number of carboxylic acid groups (broad SMARTS) is 1. The van der Waals surface area contributed by atoms with Gasteiger partial charge in [-0.3, -0.25) is 5.32 Å². The summed E-state index contributed by atoms with van der Waals surface area (Å²) in [6, 6.07) is 3.91. The van der Waals surface area contributed by atoms with Gasteiger partial charge in [0.05, 0.1) is 12.1 Å². The third kappa shape index (κ3) is 3.63. The fraction of sp³-hybridized carbons (Fsp3) is 0.400. The number of benzene rings is 1. The molecular formula is C20H21N3O4. The Labute approximate surface area is 156 Å². The number of amides is 1. The van der Waals surface area contributed by atoms with Gasteiger partial charge in [-0.15, -0.1) is 0 Å². The molecule has 1 heterocycles. The van der Waals surface area contributed by atoms with Crippen LogP contribution in [-0.4, -0.2) is 33.2 Å². The molecule has 2 aromatic rings. The fourth-order valence-electron chi connectivity index (χ4n) is 4.01. The highest BCUT2D eigenvalue weighted by molar-refractivity contribution is 5.90. The van der Waals surface area contributed by atoms with Crippen molar-refractivity contribution in [2.45, 2.75) is 51.0 Å². The van der Waals surface area contributed by atoms with Gasteiger partial charge in [-0.05, 0) is 66.8 Å². The minimum atomic E-state index is -1.34. The molecule has 1 amide bonds. The lowest BCUT2D eigenvalue weighted by molar-refractivity contribution is -0.146. The SMILES string of the molecule is O=C(Nc1c2c(cc3c1CCC3)CCC2)OC(Cc1ncccn1)C(=O)O. The standard InChI is InChI=1S/C20H21N3O4/c24-19(25)16(11-17-21-8-3-9-22-17)27-20(26)23-18-14-6-1-4-12(14)10-13-5-2-7-15(13)18/h3,8-10,16H,1-2,4-7,11H2,(H,23,26)(H,24,25). The highest BCUT2D eigenvalue weighted by Gasteiger charge is 2.28. The third-order valence-corrected chi connectivity index (χ3v) is 5.21. The number of fused-ring (bicyclic) bond motifs is 2. The first-order valence-corrected chi connectivity index (χ1v) is 9.24. The van der Waals surface area contributed by atoms with Crippen molar-refractivity contribution in [2.24, 2.45) is 0 Å². The van der Waals surface area contributed by atoms with Crippen LogP contribution < -0.4 is 5.32 Å². The molecule has 0 radical (unpaired) electrons. The number of anilines is 1. The lowest BCUT2D eigenvalue weighted by Gasteiger charge is -2.18. The summed E-state index contributed by atoms with van der Waals surface area (Å²) in [6.07, 6.45) is 6.95. The molecule has 7 heteroatoms. The lowest BCUT2D eigenvalue weighted by atomic mass is 9.99. The molecule has 0 bridgehead atoms. The van der Waals surface area contributed by atoms with Crippen LogP contribution in [0.3, 0.4) is 0 Å². The van der Waals surface area contributed by atoms with Crippen molar-refractivity contribution in [3.63, 3.8) is 0 Å². The summed E-state index contributed by atoms with van der Waals surface area (Å²) in [4.78, 5) is 32.0. The molecular weight excluding hydrogens is 346 g/mol. The highest BCUT2D eigenvalue weighted by Crippen LogP contribution is 2.38. The van der Waals surface area contributed by atoms with Gasteiger partial charge in [-0.2, -0.15) is 0 Å². The van der Waals surface area contributed by atoms with Crippen LogP contribution in [0, 0.1) is 0 Å². The Bertz CT molecular complexity index is 850. The quantitative estimate of drug-likeness (QED) is 0.842. The molecule has 0 aliphatic heterocycles. The smallest absolute Gasteiger partial charge is 0.412 e. The first kappa shape index (κ1) is 17.5. The topological polar surface area (TPSA) is 101 Å². The van der Waals surface area contributed by atoms with Crippen molar-refractivity contribution in [3.8, 4) is 0 Å². The van der Waals surface area contributed by atoms with E-state index in [-0.39, 0.29) is 6.42 Å². The van der Waals surface area contributed by atoms with E-state index in [1.54, 1.807) is 6.07 Å². The minimum absolute atomic E-state index is 0.0748. The number of aromatic nitrogens is 2. The Morgan fingerprint density at radius 1 is 1.07 bits per heavy atom. The summed E-state index contributed by atoms with van der Waals surface area (Å²) in [5, 5.41) is 12.2. The number of aryl methyl sites for hydroxylation is 2. The van der Waals surface area contributed by atoms with Crippen LogP contribution in [0.4, 0.5) is 10.5 Å². The van der Waals surface area contributed by atoms with Gasteiger partial charge < -0.3 is 9.84 Å². The minimum Gasteiger partial charge on any atom is -0.478 e.